The molecule has 0 aliphatic heterocycles. The van der Waals surface area contributed by atoms with Crippen molar-refractivity contribution in [3.8, 4) is 11.1 Å². The highest BCUT2D eigenvalue weighted by Gasteiger charge is 2.08. The van der Waals surface area contributed by atoms with Gasteiger partial charge in [0, 0.05) is 5.02 Å². The van der Waals surface area contributed by atoms with Gasteiger partial charge in [0.05, 0.1) is 12.7 Å². The molecule has 0 radical (unpaired) electrons. The highest BCUT2D eigenvalue weighted by Crippen LogP contribution is 2.27. The summed E-state index contributed by atoms with van der Waals surface area (Å²) >= 11 is 6.22. The van der Waals surface area contributed by atoms with Crippen LogP contribution in [0.3, 0.4) is 0 Å². The Morgan fingerprint density at radius 2 is 1.90 bits per heavy atom. The highest BCUT2D eigenvalue weighted by atomic mass is 35.5. The van der Waals surface area contributed by atoms with Crippen molar-refractivity contribution >= 4 is 17.6 Å². The molecule has 0 saturated carbocycles. The predicted molar refractivity (Wildman–Crippen MR) is 86.8 cm³/mol. The zero-order chi connectivity index (χ0) is 15.4. The third-order valence-corrected chi connectivity index (χ3v) is 3.44. The quantitative estimate of drug-likeness (QED) is 0.744. The largest absolute Gasteiger partial charge is 0.465 e. The van der Waals surface area contributed by atoms with E-state index < -0.39 is 0 Å². The van der Waals surface area contributed by atoms with E-state index in [2.05, 4.69) is 19.9 Å². The van der Waals surface area contributed by atoms with Gasteiger partial charge in [0.2, 0.25) is 0 Å². The summed E-state index contributed by atoms with van der Waals surface area (Å²) in [6.07, 6.45) is 0.976. The molecule has 0 saturated heterocycles. The molecule has 0 atom stereocenters. The first-order valence-corrected chi connectivity index (χ1v) is 7.35. The number of hydrogen-bond acceptors (Lipinski definition) is 2. The molecule has 110 valence electrons. The minimum Gasteiger partial charge on any atom is -0.465 e. The molecule has 2 aromatic carbocycles. The van der Waals surface area contributed by atoms with Gasteiger partial charge in [-0.1, -0.05) is 43.6 Å². The van der Waals surface area contributed by atoms with Crippen LogP contribution in [0.4, 0.5) is 0 Å². The molecular weight excluding hydrogens is 284 g/mol. The second-order valence-corrected chi connectivity index (χ2v) is 5.95. The fourth-order valence-electron chi connectivity index (χ4n) is 2.35. The summed E-state index contributed by atoms with van der Waals surface area (Å²) in [5.74, 6) is 0.235. The van der Waals surface area contributed by atoms with E-state index in [-0.39, 0.29) is 5.97 Å². The number of halogens is 1. The maximum absolute atomic E-state index is 11.6. The van der Waals surface area contributed by atoms with Crippen molar-refractivity contribution in [2.24, 2.45) is 5.92 Å². The Kier molecular flexibility index (Phi) is 5.03. The minimum atomic E-state index is -0.332. The summed E-state index contributed by atoms with van der Waals surface area (Å²) in [6.45, 7) is 4.36. The molecule has 21 heavy (non-hydrogen) atoms. The van der Waals surface area contributed by atoms with Gasteiger partial charge in [0.25, 0.3) is 0 Å². The number of esters is 1. The molecule has 0 aromatic heterocycles. The Hall–Kier alpha value is -1.80. The number of methoxy groups -OCH3 is 1. The van der Waals surface area contributed by atoms with Crippen LogP contribution in [0.5, 0.6) is 0 Å². The number of carbonyl (C=O) groups excluding carboxylic acids is 1. The van der Waals surface area contributed by atoms with Crippen LogP contribution in [0.2, 0.25) is 5.02 Å². The minimum absolute atomic E-state index is 0.332. The Morgan fingerprint density at radius 3 is 2.57 bits per heavy atom. The summed E-state index contributed by atoms with van der Waals surface area (Å²) in [7, 11) is 1.38. The SMILES string of the molecule is COC(=O)c1cccc(-c2cc(Cl)cc(CC(C)C)c2)c1. The Labute approximate surface area is 130 Å². The number of rotatable bonds is 4. The lowest BCUT2D eigenvalue weighted by Gasteiger charge is -2.10. The van der Waals surface area contributed by atoms with Gasteiger partial charge < -0.3 is 4.74 Å². The van der Waals surface area contributed by atoms with Gasteiger partial charge in [-0.25, -0.2) is 4.79 Å². The number of benzene rings is 2. The summed E-state index contributed by atoms with van der Waals surface area (Å²) < 4.78 is 4.76. The van der Waals surface area contributed by atoms with E-state index in [0.29, 0.717) is 16.5 Å². The summed E-state index contributed by atoms with van der Waals surface area (Å²) in [5.41, 5.74) is 3.73. The first-order valence-electron chi connectivity index (χ1n) is 6.98. The van der Waals surface area contributed by atoms with E-state index in [1.54, 1.807) is 6.07 Å². The number of carbonyl (C=O) groups is 1. The molecule has 0 heterocycles. The standard InChI is InChI=1S/C18H19ClO2/c1-12(2)7-13-8-16(11-17(19)9-13)14-5-4-6-15(10-14)18(20)21-3/h4-6,8-12H,7H2,1-3H3. The zero-order valence-electron chi connectivity index (χ0n) is 12.5. The zero-order valence-corrected chi connectivity index (χ0v) is 13.3. The van der Waals surface area contributed by atoms with Crippen molar-refractivity contribution in [3.05, 3.63) is 58.6 Å². The van der Waals surface area contributed by atoms with Crippen molar-refractivity contribution < 1.29 is 9.53 Å². The normalized spacial score (nSPS) is 10.7. The monoisotopic (exact) mass is 302 g/mol. The molecule has 0 aliphatic carbocycles. The second-order valence-electron chi connectivity index (χ2n) is 5.52. The van der Waals surface area contributed by atoms with Crippen molar-refractivity contribution in [3.63, 3.8) is 0 Å². The highest BCUT2D eigenvalue weighted by molar-refractivity contribution is 6.31. The average molecular weight is 303 g/mol. The second kappa shape index (κ2) is 6.77. The van der Waals surface area contributed by atoms with E-state index in [1.807, 2.05) is 30.3 Å². The molecule has 3 heteroatoms. The Bertz CT molecular complexity index is 647. The van der Waals surface area contributed by atoms with E-state index in [1.165, 1.54) is 12.7 Å². The van der Waals surface area contributed by atoms with Crippen LogP contribution in [0.1, 0.15) is 29.8 Å². The van der Waals surface area contributed by atoms with Gasteiger partial charge in [-0.2, -0.15) is 0 Å². The van der Waals surface area contributed by atoms with Gasteiger partial charge in [-0.15, -0.1) is 0 Å². The van der Waals surface area contributed by atoms with Crippen molar-refractivity contribution in [2.45, 2.75) is 20.3 Å². The molecule has 0 amide bonds. The predicted octanol–water partition coefficient (Wildman–Crippen LogP) is 4.99. The molecule has 2 aromatic rings. The van der Waals surface area contributed by atoms with Crippen molar-refractivity contribution in [2.75, 3.05) is 7.11 Å². The lowest BCUT2D eigenvalue weighted by Crippen LogP contribution is -2.01. The van der Waals surface area contributed by atoms with Gasteiger partial charge in [-0.3, -0.25) is 0 Å². The van der Waals surface area contributed by atoms with E-state index in [0.717, 1.165) is 17.5 Å². The smallest absolute Gasteiger partial charge is 0.337 e. The Morgan fingerprint density at radius 1 is 1.14 bits per heavy atom. The molecule has 0 N–H and O–H groups in total. The summed E-state index contributed by atoms with van der Waals surface area (Å²) in [6, 6.07) is 13.4. The van der Waals surface area contributed by atoms with Gasteiger partial charge >= 0.3 is 5.97 Å². The summed E-state index contributed by atoms with van der Waals surface area (Å²) in [4.78, 5) is 11.6. The number of ether oxygens (including phenoxy) is 1. The van der Waals surface area contributed by atoms with Crippen LogP contribution in [0, 0.1) is 5.92 Å². The van der Waals surface area contributed by atoms with Crippen molar-refractivity contribution in [1.29, 1.82) is 0 Å². The first-order chi connectivity index (χ1) is 9.99. The molecule has 2 rings (SSSR count). The molecule has 0 fully saturated rings. The van der Waals surface area contributed by atoms with Gasteiger partial charge in [-0.05, 0) is 53.3 Å². The fourth-order valence-corrected chi connectivity index (χ4v) is 2.61. The Balaban J connectivity index is 2.41. The molecule has 2 nitrogen and oxygen atoms in total. The van der Waals surface area contributed by atoms with Crippen LogP contribution in [-0.4, -0.2) is 13.1 Å². The van der Waals surface area contributed by atoms with Crippen molar-refractivity contribution in [1.82, 2.24) is 0 Å². The van der Waals surface area contributed by atoms with Gasteiger partial charge in [0.15, 0.2) is 0 Å². The molecule has 0 spiro atoms. The average Bonchev–Trinajstić information content (AvgIpc) is 2.45. The third kappa shape index (κ3) is 4.08. The fraction of sp³-hybridized carbons (Fsp3) is 0.278. The number of hydrogen-bond donors (Lipinski definition) is 0. The van der Waals surface area contributed by atoms with Gasteiger partial charge in [0.1, 0.15) is 0 Å². The van der Waals surface area contributed by atoms with Crippen LogP contribution < -0.4 is 0 Å². The summed E-state index contributed by atoms with van der Waals surface area (Å²) in [5, 5.41) is 0.714. The first kappa shape index (κ1) is 15.6. The molecular formula is C18H19ClO2. The topological polar surface area (TPSA) is 26.3 Å². The van der Waals surface area contributed by atoms with Crippen LogP contribution >= 0.6 is 11.6 Å². The lowest BCUT2D eigenvalue weighted by molar-refractivity contribution is 0.0601. The maximum Gasteiger partial charge on any atom is 0.337 e. The van der Waals surface area contributed by atoms with E-state index in [9.17, 15) is 4.79 Å². The third-order valence-electron chi connectivity index (χ3n) is 3.22. The molecule has 0 unspecified atom stereocenters. The van der Waals surface area contributed by atoms with Crippen LogP contribution in [0.25, 0.3) is 11.1 Å². The molecule has 0 bridgehead atoms. The van der Waals surface area contributed by atoms with Crippen LogP contribution in [0.15, 0.2) is 42.5 Å². The van der Waals surface area contributed by atoms with Crippen LogP contribution in [-0.2, 0) is 11.2 Å². The lowest BCUT2D eigenvalue weighted by atomic mass is 9.97. The van der Waals surface area contributed by atoms with E-state index >= 15 is 0 Å². The van der Waals surface area contributed by atoms with E-state index in [4.69, 9.17) is 16.3 Å². The maximum atomic E-state index is 11.6. The molecule has 0 aliphatic rings.